The van der Waals surface area contributed by atoms with Crippen LogP contribution in [0.5, 0.6) is 0 Å². The van der Waals surface area contributed by atoms with Crippen LogP contribution in [0.15, 0.2) is 85.2 Å². The monoisotopic (exact) mass is 448 g/mol. The Hall–Kier alpha value is -2.59. The van der Waals surface area contributed by atoms with Gasteiger partial charge in [-0.2, -0.15) is 0 Å². The minimum atomic E-state index is -2.20. The second-order valence-electron chi connectivity index (χ2n) is 10.1. The Labute approximate surface area is 194 Å². The molecule has 0 aromatic heterocycles. The minimum absolute atomic E-state index is 0.0290. The molecule has 3 nitrogen and oxygen atoms in total. The van der Waals surface area contributed by atoms with Crippen molar-refractivity contribution in [3.05, 3.63) is 96.3 Å². The van der Waals surface area contributed by atoms with E-state index in [-0.39, 0.29) is 22.3 Å². The van der Waals surface area contributed by atoms with Gasteiger partial charge in [0, 0.05) is 0 Å². The number of hydrogen-bond donors (Lipinski definition) is 0. The van der Waals surface area contributed by atoms with E-state index >= 15 is 0 Å². The van der Waals surface area contributed by atoms with Crippen molar-refractivity contribution in [2.24, 2.45) is 0 Å². The first-order valence-electron chi connectivity index (χ1n) is 11.5. The van der Waals surface area contributed by atoms with Gasteiger partial charge in [-0.05, 0) is 54.6 Å². The SMILES string of the molecule is C=C/C=C(/O[Si](C)(C)C(C)(C)C)C(=O)O[C@@H]1CCCC1(c1ccccc1)c1ccccc1. The molecule has 170 valence electrons. The lowest BCUT2D eigenvalue weighted by atomic mass is 9.71. The lowest BCUT2D eigenvalue weighted by Gasteiger charge is -2.38. The number of carbonyl (C=O) groups is 1. The zero-order valence-electron chi connectivity index (χ0n) is 20.1. The predicted molar refractivity (Wildman–Crippen MR) is 134 cm³/mol. The lowest BCUT2D eigenvalue weighted by Crippen LogP contribution is -2.43. The highest BCUT2D eigenvalue weighted by Gasteiger charge is 2.48. The Morgan fingerprint density at radius 2 is 1.56 bits per heavy atom. The van der Waals surface area contributed by atoms with Crippen LogP contribution >= 0.6 is 0 Å². The molecular weight excluding hydrogens is 412 g/mol. The number of hydrogen-bond acceptors (Lipinski definition) is 3. The molecule has 1 aliphatic carbocycles. The van der Waals surface area contributed by atoms with Gasteiger partial charge >= 0.3 is 5.97 Å². The molecule has 2 aromatic rings. The molecule has 0 saturated heterocycles. The maximum absolute atomic E-state index is 13.4. The number of benzene rings is 2. The molecule has 1 saturated carbocycles. The van der Waals surface area contributed by atoms with Gasteiger partial charge in [0.05, 0.1) is 5.41 Å². The number of allylic oxidation sites excluding steroid dienone is 2. The second kappa shape index (κ2) is 9.49. The van der Waals surface area contributed by atoms with E-state index < -0.39 is 14.3 Å². The molecule has 2 aromatic carbocycles. The molecule has 0 unspecified atom stereocenters. The molecular formula is C28H36O3Si. The quantitative estimate of drug-likeness (QED) is 0.148. The Balaban J connectivity index is 1.96. The molecule has 0 radical (unpaired) electrons. The molecule has 1 fully saturated rings. The Morgan fingerprint density at radius 3 is 2.03 bits per heavy atom. The highest BCUT2D eigenvalue weighted by molar-refractivity contribution is 6.74. The molecule has 0 amide bonds. The van der Waals surface area contributed by atoms with Crippen molar-refractivity contribution in [1.82, 2.24) is 0 Å². The third-order valence-electron chi connectivity index (χ3n) is 7.06. The summed E-state index contributed by atoms with van der Waals surface area (Å²) in [4.78, 5) is 13.4. The van der Waals surface area contributed by atoms with E-state index in [1.54, 1.807) is 12.2 Å². The number of rotatable bonds is 7. The number of esters is 1. The van der Waals surface area contributed by atoms with Gasteiger partial charge in [-0.25, -0.2) is 4.79 Å². The van der Waals surface area contributed by atoms with Crippen LogP contribution in [0.3, 0.4) is 0 Å². The van der Waals surface area contributed by atoms with E-state index in [0.29, 0.717) is 0 Å². The van der Waals surface area contributed by atoms with Crippen LogP contribution in [0, 0.1) is 0 Å². The molecule has 0 N–H and O–H groups in total. The van der Waals surface area contributed by atoms with Crippen molar-refractivity contribution in [3.63, 3.8) is 0 Å². The second-order valence-corrected chi connectivity index (χ2v) is 14.8. The first-order chi connectivity index (χ1) is 15.1. The van der Waals surface area contributed by atoms with Crippen molar-refractivity contribution in [3.8, 4) is 0 Å². The highest BCUT2D eigenvalue weighted by atomic mass is 28.4. The van der Waals surface area contributed by atoms with Gasteiger partial charge in [0.1, 0.15) is 6.10 Å². The fourth-order valence-corrected chi connectivity index (χ4v) is 5.30. The molecule has 4 heteroatoms. The van der Waals surface area contributed by atoms with E-state index in [9.17, 15) is 4.79 Å². The van der Waals surface area contributed by atoms with E-state index in [4.69, 9.17) is 9.16 Å². The third-order valence-corrected chi connectivity index (χ3v) is 11.4. The zero-order chi connectivity index (χ0) is 23.4. The smallest absolute Gasteiger partial charge is 0.372 e. The summed E-state index contributed by atoms with van der Waals surface area (Å²) < 4.78 is 12.6. The van der Waals surface area contributed by atoms with Crippen LogP contribution in [0.2, 0.25) is 18.1 Å². The summed E-state index contributed by atoms with van der Waals surface area (Å²) in [5.74, 6) is -0.147. The fraction of sp³-hybridized carbons (Fsp3) is 0.393. The largest absolute Gasteiger partial charge is 0.539 e. The standard InChI is InChI=1S/C28H36O3Si/c1-7-15-24(31-32(5,6)27(2,3)4)26(29)30-25-20-14-21-28(25,22-16-10-8-11-17-22)23-18-12-9-13-19-23/h7-13,15-19,25H,1,14,20-21H2,2-6H3/b24-15+/t25-/m1/s1. The van der Waals surface area contributed by atoms with Crippen LogP contribution in [0.25, 0.3) is 0 Å². The maximum Gasteiger partial charge on any atom is 0.372 e. The van der Waals surface area contributed by atoms with Gasteiger partial charge < -0.3 is 9.16 Å². The van der Waals surface area contributed by atoms with Crippen LogP contribution < -0.4 is 0 Å². The molecule has 1 atom stereocenters. The van der Waals surface area contributed by atoms with Gasteiger partial charge in [0.25, 0.3) is 8.32 Å². The lowest BCUT2D eigenvalue weighted by molar-refractivity contribution is -0.149. The van der Waals surface area contributed by atoms with Crippen molar-refractivity contribution in [1.29, 1.82) is 0 Å². The van der Waals surface area contributed by atoms with Crippen molar-refractivity contribution < 1.29 is 14.0 Å². The fourth-order valence-electron chi connectivity index (χ4n) is 4.30. The summed E-state index contributed by atoms with van der Waals surface area (Å²) in [6.45, 7) is 14.5. The molecule has 32 heavy (non-hydrogen) atoms. The van der Waals surface area contributed by atoms with E-state index in [0.717, 1.165) is 19.3 Å². The van der Waals surface area contributed by atoms with Gasteiger partial charge in [-0.3, -0.25) is 0 Å². The normalized spacial score (nSPS) is 18.8. The Kier molecular flexibility index (Phi) is 7.14. The van der Waals surface area contributed by atoms with Gasteiger partial charge in [0.2, 0.25) is 0 Å². The van der Waals surface area contributed by atoms with Crippen LogP contribution in [0.4, 0.5) is 0 Å². The topological polar surface area (TPSA) is 35.5 Å². The summed E-state index contributed by atoms with van der Waals surface area (Å²) >= 11 is 0. The molecule has 0 bridgehead atoms. The van der Waals surface area contributed by atoms with E-state index in [1.165, 1.54) is 11.1 Å². The van der Waals surface area contributed by atoms with Crippen molar-refractivity contribution in [2.75, 3.05) is 0 Å². The van der Waals surface area contributed by atoms with Crippen molar-refractivity contribution >= 4 is 14.3 Å². The molecule has 3 rings (SSSR count). The summed E-state index contributed by atoms with van der Waals surface area (Å²) in [5.41, 5.74) is 2.00. The third kappa shape index (κ3) is 4.75. The number of carbonyl (C=O) groups excluding carboxylic acids is 1. The van der Waals surface area contributed by atoms with E-state index in [2.05, 4.69) is 89.0 Å². The minimum Gasteiger partial charge on any atom is -0.539 e. The summed E-state index contributed by atoms with van der Waals surface area (Å²) in [7, 11) is -2.20. The maximum atomic E-state index is 13.4. The average Bonchev–Trinajstić information content (AvgIpc) is 3.18. The predicted octanol–water partition coefficient (Wildman–Crippen LogP) is 7.16. The average molecular weight is 449 g/mol. The zero-order valence-corrected chi connectivity index (χ0v) is 21.1. The number of ether oxygens (including phenoxy) is 1. The Morgan fingerprint density at radius 1 is 1.03 bits per heavy atom. The molecule has 0 heterocycles. The van der Waals surface area contributed by atoms with Crippen LogP contribution in [-0.4, -0.2) is 20.4 Å². The molecule has 1 aliphatic rings. The van der Waals surface area contributed by atoms with Crippen LogP contribution in [-0.2, 0) is 19.4 Å². The van der Waals surface area contributed by atoms with Gasteiger partial charge in [-0.1, -0.05) is 94.1 Å². The Bertz CT molecular complexity index is 916. The van der Waals surface area contributed by atoms with Gasteiger partial charge in [-0.15, -0.1) is 0 Å². The van der Waals surface area contributed by atoms with Crippen molar-refractivity contribution in [2.45, 2.75) is 69.7 Å². The highest BCUT2D eigenvalue weighted by Crippen LogP contribution is 2.48. The summed E-state index contributed by atoms with van der Waals surface area (Å²) in [6.07, 6.45) is 5.71. The first kappa shape index (κ1) is 24.1. The summed E-state index contributed by atoms with van der Waals surface area (Å²) in [6, 6.07) is 20.9. The summed E-state index contributed by atoms with van der Waals surface area (Å²) in [5, 5.41) is -0.0290. The van der Waals surface area contributed by atoms with E-state index in [1.807, 2.05) is 12.1 Å². The van der Waals surface area contributed by atoms with Crippen LogP contribution in [0.1, 0.15) is 51.2 Å². The molecule has 0 spiro atoms. The first-order valence-corrected chi connectivity index (χ1v) is 14.4. The van der Waals surface area contributed by atoms with Gasteiger partial charge in [0.15, 0.2) is 5.76 Å². The molecule has 0 aliphatic heterocycles.